The summed E-state index contributed by atoms with van der Waals surface area (Å²) in [4.78, 5) is 32.1. The normalized spacial score (nSPS) is 29.0. The molecule has 2 atom stereocenters. The standard InChI is InChI=1S/C24H33N3O2/c28-23-21-8-4-5-13-26(21)24(29)22-17-25(14-15-27(22)23)16-18-9-11-20(12-10-18)19-6-2-1-3-7-19/h9-12,19,21-22H,1-8,13-17H2. The number of fused-ring (bicyclic) bond motifs is 2. The van der Waals surface area contributed by atoms with Gasteiger partial charge in [-0.1, -0.05) is 43.5 Å². The number of carbonyl (C=O) groups excluding carboxylic acids is 2. The van der Waals surface area contributed by atoms with Crippen LogP contribution in [0.5, 0.6) is 0 Å². The molecule has 3 heterocycles. The molecule has 3 saturated heterocycles. The van der Waals surface area contributed by atoms with Crippen molar-refractivity contribution in [3.63, 3.8) is 0 Å². The Bertz CT molecular complexity index is 756. The van der Waals surface area contributed by atoms with Gasteiger partial charge in [-0.15, -0.1) is 0 Å². The fourth-order valence-corrected chi connectivity index (χ4v) is 5.88. The molecule has 0 aromatic heterocycles. The van der Waals surface area contributed by atoms with Gasteiger partial charge in [0.2, 0.25) is 11.8 Å². The van der Waals surface area contributed by atoms with Crippen molar-refractivity contribution in [2.45, 2.75) is 75.9 Å². The van der Waals surface area contributed by atoms with Gasteiger partial charge in [-0.2, -0.15) is 0 Å². The first-order valence-electron chi connectivity index (χ1n) is 11.6. The Hall–Kier alpha value is -1.88. The molecule has 3 aliphatic heterocycles. The van der Waals surface area contributed by atoms with Crippen LogP contribution in [0.1, 0.15) is 68.4 Å². The van der Waals surface area contributed by atoms with Crippen LogP contribution in [-0.2, 0) is 16.1 Å². The molecule has 5 nitrogen and oxygen atoms in total. The van der Waals surface area contributed by atoms with Gasteiger partial charge in [0.05, 0.1) is 0 Å². The first kappa shape index (κ1) is 19.1. The fraction of sp³-hybridized carbons (Fsp3) is 0.667. The predicted molar refractivity (Wildman–Crippen MR) is 112 cm³/mol. The molecule has 29 heavy (non-hydrogen) atoms. The lowest BCUT2D eigenvalue weighted by Gasteiger charge is -2.50. The predicted octanol–water partition coefficient (Wildman–Crippen LogP) is 3.14. The number of hydrogen-bond donors (Lipinski definition) is 0. The highest BCUT2D eigenvalue weighted by Crippen LogP contribution is 2.33. The Morgan fingerprint density at radius 2 is 1.41 bits per heavy atom. The van der Waals surface area contributed by atoms with Gasteiger partial charge in [0.15, 0.2) is 0 Å². The van der Waals surface area contributed by atoms with Gasteiger partial charge in [-0.05, 0) is 49.1 Å². The van der Waals surface area contributed by atoms with Crippen molar-refractivity contribution in [2.24, 2.45) is 0 Å². The number of piperidine rings is 1. The van der Waals surface area contributed by atoms with Crippen LogP contribution < -0.4 is 0 Å². The van der Waals surface area contributed by atoms with E-state index >= 15 is 0 Å². The van der Waals surface area contributed by atoms with Crippen LogP contribution in [0, 0.1) is 0 Å². The Morgan fingerprint density at radius 1 is 0.724 bits per heavy atom. The quantitative estimate of drug-likeness (QED) is 0.790. The first-order chi connectivity index (χ1) is 14.2. The van der Waals surface area contributed by atoms with Gasteiger partial charge >= 0.3 is 0 Å². The van der Waals surface area contributed by atoms with E-state index in [0.717, 1.165) is 44.8 Å². The molecule has 0 spiro atoms. The largest absolute Gasteiger partial charge is 0.329 e. The van der Waals surface area contributed by atoms with Gasteiger partial charge in [0.25, 0.3) is 0 Å². The summed E-state index contributed by atoms with van der Waals surface area (Å²) >= 11 is 0. The Labute approximate surface area is 174 Å². The maximum absolute atomic E-state index is 13.1. The Morgan fingerprint density at radius 3 is 2.21 bits per heavy atom. The lowest BCUT2D eigenvalue weighted by molar-refractivity contribution is -0.167. The average molecular weight is 396 g/mol. The SMILES string of the molecule is O=C1C2CN(Cc3ccc(C4CCCCC4)cc3)CCN2C(=O)C2CCCCN12. The van der Waals surface area contributed by atoms with Gasteiger partial charge in [-0.25, -0.2) is 0 Å². The second kappa shape index (κ2) is 8.10. The molecular formula is C24H33N3O2. The lowest BCUT2D eigenvalue weighted by Crippen LogP contribution is -2.70. The molecule has 5 heteroatoms. The first-order valence-corrected chi connectivity index (χ1v) is 11.6. The van der Waals surface area contributed by atoms with Crippen molar-refractivity contribution in [1.82, 2.24) is 14.7 Å². The molecule has 2 amide bonds. The molecule has 1 aromatic carbocycles. The second-order valence-corrected chi connectivity index (χ2v) is 9.40. The topological polar surface area (TPSA) is 43.9 Å². The molecule has 4 aliphatic rings. The number of benzene rings is 1. The smallest absolute Gasteiger partial charge is 0.247 e. The third-order valence-corrected chi connectivity index (χ3v) is 7.57. The number of piperazine rings is 2. The number of amides is 2. The molecule has 156 valence electrons. The zero-order valence-electron chi connectivity index (χ0n) is 17.4. The third kappa shape index (κ3) is 3.70. The van der Waals surface area contributed by atoms with E-state index < -0.39 is 0 Å². The molecule has 1 aromatic rings. The van der Waals surface area contributed by atoms with Gasteiger partial charge < -0.3 is 9.80 Å². The monoisotopic (exact) mass is 395 g/mol. The number of hydrogen-bond acceptors (Lipinski definition) is 3. The maximum atomic E-state index is 13.1. The highest BCUT2D eigenvalue weighted by atomic mass is 16.2. The zero-order chi connectivity index (χ0) is 19.8. The molecule has 1 aliphatic carbocycles. The number of nitrogens with zero attached hydrogens (tertiary/aromatic N) is 3. The summed E-state index contributed by atoms with van der Waals surface area (Å²) in [7, 11) is 0. The molecule has 0 N–H and O–H groups in total. The van der Waals surface area contributed by atoms with E-state index in [1.807, 2.05) is 9.80 Å². The summed E-state index contributed by atoms with van der Waals surface area (Å²) in [6.07, 6.45) is 9.70. The lowest BCUT2D eigenvalue weighted by atomic mass is 9.84. The number of rotatable bonds is 3. The number of carbonyl (C=O) groups is 2. The average Bonchev–Trinajstić information content (AvgIpc) is 2.78. The minimum absolute atomic E-state index is 0.173. The van der Waals surface area contributed by atoms with E-state index in [1.54, 1.807) is 0 Å². The van der Waals surface area contributed by atoms with E-state index in [1.165, 1.54) is 43.2 Å². The van der Waals surface area contributed by atoms with Crippen molar-refractivity contribution < 1.29 is 9.59 Å². The maximum Gasteiger partial charge on any atom is 0.247 e. The summed E-state index contributed by atoms with van der Waals surface area (Å²) < 4.78 is 0. The van der Waals surface area contributed by atoms with Gasteiger partial charge in [-0.3, -0.25) is 14.5 Å². The summed E-state index contributed by atoms with van der Waals surface area (Å²) in [5.74, 6) is 1.10. The van der Waals surface area contributed by atoms with Crippen LogP contribution in [0.2, 0.25) is 0 Å². The van der Waals surface area contributed by atoms with E-state index in [-0.39, 0.29) is 23.9 Å². The van der Waals surface area contributed by atoms with Crippen LogP contribution in [0.3, 0.4) is 0 Å². The summed E-state index contributed by atoms with van der Waals surface area (Å²) in [5, 5.41) is 0. The third-order valence-electron chi connectivity index (χ3n) is 7.57. The minimum atomic E-state index is -0.285. The highest BCUT2D eigenvalue weighted by molar-refractivity contribution is 5.97. The molecule has 5 rings (SSSR count). The second-order valence-electron chi connectivity index (χ2n) is 9.40. The summed E-state index contributed by atoms with van der Waals surface area (Å²) in [6.45, 7) is 3.81. The molecule has 4 fully saturated rings. The Balaban J connectivity index is 1.23. The van der Waals surface area contributed by atoms with Crippen LogP contribution >= 0.6 is 0 Å². The van der Waals surface area contributed by atoms with Gasteiger partial charge in [0.1, 0.15) is 12.1 Å². The van der Waals surface area contributed by atoms with E-state index in [4.69, 9.17) is 0 Å². The van der Waals surface area contributed by atoms with Crippen molar-refractivity contribution in [3.8, 4) is 0 Å². The van der Waals surface area contributed by atoms with Crippen molar-refractivity contribution >= 4 is 11.8 Å². The van der Waals surface area contributed by atoms with Crippen molar-refractivity contribution in [1.29, 1.82) is 0 Å². The molecule has 0 bridgehead atoms. The minimum Gasteiger partial charge on any atom is -0.329 e. The van der Waals surface area contributed by atoms with Crippen LogP contribution in [0.25, 0.3) is 0 Å². The van der Waals surface area contributed by atoms with Gasteiger partial charge in [0, 0.05) is 32.7 Å². The van der Waals surface area contributed by atoms with Crippen LogP contribution in [0.15, 0.2) is 24.3 Å². The van der Waals surface area contributed by atoms with E-state index in [9.17, 15) is 9.59 Å². The summed E-state index contributed by atoms with van der Waals surface area (Å²) in [6, 6.07) is 8.69. The molecule has 1 saturated carbocycles. The molecule has 0 radical (unpaired) electrons. The molecule has 2 unspecified atom stereocenters. The zero-order valence-corrected chi connectivity index (χ0v) is 17.4. The van der Waals surface area contributed by atoms with Crippen molar-refractivity contribution in [3.05, 3.63) is 35.4 Å². The fourth-order valence-electron chi connectivity index (χ4n) is 5.88. The molecular weight excluding hydrogens is 362 g/mol. The van der Waals surface area contributed by atoms with Crippen LogP contribution in [0.4, 0.5) is 0 Å². The summed E-state index contributed by atoms with van der Waals surface area (Å²) in [5.41, 5.74) is 2.80. The van der Waals surface area contributed by atoms with Crippen molar-refractivity contribution in [2.75, 3.05) is 26.2 Å². The highest BCUT2D eigenvalue weighted by Gasteiger charge is 2.48. The van der Waals surface area contributed by atoms with Crippen LogP contribution in [-0.4, -0.2) is 64.8 Å². The Kier molecular flexibility index (Phi) is 5.33. The van der Waals surface area contributed by atoms with E-state index in [0.29, 0.717) is 13.1 Å². The van der Waals surface area contributed by atoms with E-state index in [2.05, 4.69) is 29.2 Å².